The van der Waals surface area contributed by atoms with Crippen molar-refractivity contribution < 1.29 is 23.5 Å². The van der Waals surface area contributed by atoms with Gasteiger partial charge in [-0.1, -0.05) is 48.5 Å². The van der Waals surface area contributed by atoms with Gasteiger partial charge in [0.25, 0.3) is 11.8 Å². The van der Waals surface area contributed by atoms with Crippen LogP contribution in [0.25, 0.3) is 10.8 Å². The number of anilines is 1. The summed E-state index contributed by atoms with van der Waals surface area (Å²) in [5.74, 6) is -2.75. The summed E-state index contributed by atoms with van der Waals surface area (Å²) in [7, 11) is 0. The van der Waals surface area contributed by atoms with Crippen molar-refractivity contribution in [3.05, 3.63) is 78.1 Å². The summed E-state index contributed by atoms with van der Waals surface area (Å²) in [5, 5.41) is 6.83. The Hall–Kier alpha value is -3.74. The molecular weight excluding hydrogens is 375 g/mol. The van der Waals surface area contributed by atoms with Crippen molar-refractivity contribution in [1.82, 2.24) is 5.32 Å². The molecule has 0 spiro atoms. The Bertz CT molecular complexity index is 1060. The van der Waals surface area contributed by atoms with Crippen LogP contribution >= 0.6 is 0 Å². The van der Waals surface area contributed by atoms with Crippen LogP contribution in [0.1, 0.15) is 17.3 Å². The summed E-state index contributed by atoms with van der Waals surface area (Å²) in [6, 6.07) is 18.5. The zero-order valence-electron chi connectivity index (χ0n) is 15.6. The number of fused-ring (bicyclic) bond motifs is 1. The minimum Gasteiger partial charge on any atom is -0.451 e. The summed E-state index contributed by atoms with van der Waals surface area (Å²) in [6.45, 7) is 0.941. The summed E-state index contributed by atoms with van der Waals surface area (Å²) in [5.41, 5.74) is 0.422. The summed E-state index contributed by atoms with van der Waals surface area (Å²) in [4.78, 5) is 36.2. The van der Waals surface area contributed by atoms with Gasteiger partial charge in [0.15, 0.2) is 6.10 Å². The van der Waals surface area contributed by atoms with Gasteiger partial charge < -0.3 is 15.4 Å². The van der Waals surface area contributed by atoms with E-state index in [-0.39, 0.29) is 5.56 Å². The van der Waals surface area contributed by atoms with Gasteiger partial charge in [-0.15, -0.1) is 0 Å². The molecule has 0 saturated heterocycles. The molecule has 0 aliphatic rings. The zero-order chi connectivity index (χ0) is 20.8. The molecule has 2 amide bonds. The number of benzene rings is 3. The van der Waals surface area contributed by atoms with Crippen LogP contribution in [0.15, 0.2) is 66.7 Å². The zero-order valence-corrected chi connectivity index (χ0v) is 15.6. The Balaban J connectivity index is 1.54. The van der Waals surface area contributed by atoms with E-state index >= 15 is 0 Å². The molecule has 0 aliphatic heterocycles. The van der Waals surface area contributed by atoms with Crippen LogP contribution in [-0.4, -0.2) is 30.4 Å². The number of hydrogen-bond acceptors (Lipinski definition) is 4. The third-order valence-electron chi connectivity index (χ3n) is 4.24. The lowest BCUT2D eigenvalue weighted by Crippen LogP contribution is -2.36. The van der Waals surface area contributed by atoms with Crippen molar-refractivity contribution in [2.75, 3.05) is 11.9 Å². The first-order valence-corrected chi connectivity index (χ1v) is 8.96. The second kappa shape index (κ2) is 8.97. The van der Waals surface area contributed by atoms with E-state index in [2.05, 4.69) is 10.6 Å². The van der Waals surface area contributed by atoms with E-state index in [9.17, 15) is 18.8 Å². The van der Waals surface area contributed by atoms with Gasteiger partial charge in [-0.25, -0.2) is 4.39 Å². The first-order valence-electron chi connectivity index (χ1n) is 8.96. The topological polar surface area (TPSA) is 84.5 Å². The number of carbonyl (C=O) groups excluding carboxylic acids is 3. The maximum atomic E-state index is 13.6. The standard InChI is InChI=1S/C22H19FN2O4/c1-14(21(27)25-19-12-6-8-15-7-2-3-9-16(15)19)29-20(26)13-24-22(28)17-10-4-5-11-18(17)23/h2-12,14H,13H2,1H3,(H,24,28)(H,25,27)/t14-/m0/s1. The Morgan fingerprint density at radius 1 is 0.966 bits per heavy atom. The number of carbonyl (C=O) groups is 3. The van der Waals surface area contributed by atoms with Crippen LogP contribution < -0.4 is 10.6 Å². The van der Waals surface area contributed by atoms with Crippen LogP contribution in [0, 0.1) is 5.82 Å². The minimum atomic E-state index is -1.08. The molecule has 3 aromatic carbocycles. The highest BCUT2D eigenvalue weighted by molar-refractivity contribution is 6.04. The molecule has 0 bridgehead atoms. The van der Waals surface area contributed by atoms with Crippen molar-refractivity contribution in [3.63, 3.8) is 0 Å². The van der Waals surface area contributed by atoms with Gasteiger partial charge in [0, 0.05) is 11.1 Å². The van der Waals surface area contributed by atoms with Gasteiger partial charge in [0.1, 0.15) is 12.4 Å². The molecule has 6 nitrogen and oxygen atoms in total. The molecule has 0 fully saturated rings. The molecule has 2 N–H and O–H groups in total. The largest absolute Gasteiger partial charge is 0.451 e. The normalized spacial score (nSPS) is 11.5. The van der Waals surface area contributed by atoms with Crippen LogP contribution in [-0.2, 0) is 14.3 Å². The number of amides is 2. The Labute approximate surface area is 166 Å². The Kier molecular flexibility index (Phi) is 6.19. The molecule has 0 aromatic heterocycles. The van der Waals surface area contributed by atoms with Crippen molar-refractivity contribution in [1.29, 1.82) is 0 Å². The van der Waals surface area contributed by atoms with E-state index < -0.39 is 36.2 Å². The van der Waals surface area contributed by atoms with E-state index in [4.69, 9.17) is 4.74 Å². The van der Waals surface area contributed by atoms with Crippen LogP contribution in [0.3, 0.4) is 0 Å². The highest BCUT2D eigenvalue weighted by Gasteiger charge is 2.19. The number of ether oxygens (including phenoxy) is 1. The minimum absolute atomic E-state index is 0.179. The lowest BCUT2D eigenvalue weighted by molar-refractivity contribution is -0.152. The second-order valence-corrected chi connectivity index (χ2v) is 6.31. The molecule has 29 heavy (non-hydrogen) atoms. The van der Waals surface area contributed by atoms with E-state index in [0.29, 0.717) is 5.69 Å². The van der Waals surface area contributed by atoms with Gasteiger partial charge in [0.05, 0.1) is 5.56 Å². The molecule has 0 unspecified atom stereocenters. The highest BCUT2D eigenvalue weighted by Crippen LogP contribution is 2.23. The molecule has 1 atom stereocenters. The fourth-order valence-electron chi connectivity index (χ4n) is 2.75. The third-order valence-corrected chi connectivity index (χ3v) is 4.24. The van der Waals surface area contributed by atoms with Crippen LogP contribution in [0.2, 0.25) is 0 Å². The maximum absolute atomic E-state index is 13.6. The van der Waals surface area contributed by atoms with E-state index in [1.54, 1.807) is 6.07 Å². The summed E-state index contributed by atoms with van der Waals surface area (Å²) < 4.78 is 18.6. The summed E-state index contributed by atoms with van der Waals surface area (Å²) >= 11 is 0. The average molecular weight is 394 g/mol. The van der Waals surface area contributed by atoms with E-state index in [0.717, 1.165) is 16.8 Å². The Morgan fingerprint density at radius 3 is 2.45 bits per heavy atom. The number of halogens is 1. The number of nitrogens with one attached hydrogen (secondary N) is 2. The van der Waals surface area contributed by atoms with Crippen LogP contribution in [0.5, 0.6) is 0 Å². The SMILES string of the molecule is C[C@H](OC(=O)CNC(=O)c1ccccc1F)C(=O)Nc1cccc2ccccc12. The second-order valence-electron chi connectivity index (χ2n) is 6.31. The van der Waals surface area contributed by atoms with Gasteiger partial charge >= 0.3 is 5.97 Å². The van der Waals surface area contributed by atoms with Crippen LogP contribution in [0.4, 0.5) is 10.1 Å². The molecule has 0 saturated carbocycles. The lowest BCUT2D eigenvalue weighted by atomic mass is 10.1. The highest BCUT2D eigenvalue weighted by atomic mass is 19.1. The predicted molar refractivity (Wildman–Crippen MR) is 107 cm³/mol. The number of rotatable bonds is 6. The molecule has 3 rings (SSSR count). The van der Waals surface area contributed by atoms with E-state index in [1.165, 1.54) is 25.1 Å². The maximum Gasteiger partial charge on any atom is 0.326 e. The Morgan fingerprint density at radius 2 is 1.66 bits per heavy atom. The molecule has 148 valence electrons. The first kappa shape index (κ1) is 20.0. The molecule has 7 heteroatoms. The monoisotopic (exact) mass is 394 g/mol. The van der Waals surface area contributed by atoms with Crippen molar-refractivity contribution in [3.8, 4) is 0 Å². The van der Waals surface area contributed by atoms with Crippen molar-refractivity contribution in [2.24, 2.45) is 0 Å². The molecular formula is C22H19FN2O4. The average Bonchev–Trinajstić information content (AvgIpc) is 2.72. The molecule has 0 radical (unpaired) electrons. The van der Waals surface area contributed by atoms with Crippen molar-refractivity contribution >= 4 is 34.2 Å². The fourth-order valence-corrected chi connectivity index (χ4v) is 2.75. The van der Waals surface area contributed by atoms with Gasteiger partial charge in [0.2, 0.25) is 0 Å². The third kappa shape index (κ3) is 4.95. The molecule has 0 aliphatic carbocycles. The predicted octanol–water partition coefficient (Wildman–Crippen LogP) is 3.28. The number of hydrogen-bond donors (Lipinski definition) is 2. The number of esters is 1. The van der Waals surface area contributed by atoms with Gasteiger partial charge in [-0.3, -0.25) is 14.4 Å². The summed E-state index contributed by atoms with van der Waals surface area (Å²) in [6.07, 6.45) is -1.08. The van der Waals surface area contributed by atoms with Gasteiger partial charge in [-0.2, -0.15) is 0 Å². The van der Waals surface area contributed by atoms with E-state index in [1.807, 2.05) is 36.4 Å². The first-order chi connectivity index (χ1) is 14.0. The quantitative estimate of drug-likeness (QED) is 0.629. The fraction of sp³-hybridized carbons (Fsp3) is 0.136. The lowest BCUT2D eigenvalue weighted by Gasteiger charge is -2.15. The molecule has 3 aromatic rings. The van der Waals surface area contributed by atoms with Gasteiger partial charge in [-0.05, 0) is 30.5 Å². The molecule has 0 heterocycles. The smallest absolute Gasteiger partial charge is 0.326 e. The van der Waals surface area contributed by atoms with Crippen molar-refractivity contribution in [2.45, 2.75) is 13.0 Å².